The predicted octanol–water partition coefficient (Wildman–Crippen LogP) is 1.84. The molecule has 0 unspecified atom stereocenters. The first kappa shape index (κ1) is 11.6. The second kappa shape index (κ2) is 4.94. The highest BCUT2D eigenvalue weighted by atomic mass is 32.1. The maximum Gasteiger partial charge on any atom is 0.237 e. The van der Waals surface area contributed by atoms with E-state index in [0.29, 0.717) is 0 Å². The molecule has 0 spiro atoms. The van der Waals surface area contributed by atoms with E-state index in [0.717, 1.165) is 4.88 Å². The Morgan fingerprint density at radius 2 is 2.24 bits per heavy atom. The molecule has 1 heterocycles. The summed E-state index contributed by atoms with van der Waals surface area (Å²) in [5.41, 5.74) is 8.11. The van der Waals surface area contributed by atoms with E-state index in [1.165, 1.54) is 15.6 Å². The van der Waals surface area contributed by atoms with Gasteiger partial charge in [0.2, 0.25) is 5.96 Å². The molecule has 1 aromatic heterocycles. The second-order valence-electron chi connectivity index (χ2n) is 3.43. The lowest BCUT2D eigenvalue weighted by atomic mass is 10.1. The van der Waals surface area contributed by atoms with Crippen molar-refractivity contribution in [2.24, 2.45) is 15.9 Å². The SMILES string of the molecule is Cc1c(/C=N/N=C(N)NO)sc2ccccc12. The van der Waals surface area contributed by atoms with Gasteiger partial charge in [0.25, 0.3) is 0 Å². The molecule has 1 aromatic carbocycles. The standard InChI is InChI=1S/C11H12N4OS/c1-7-8-4-2-3-5-9(8)17-10(7)6-13-14-11(12)15-16/h2-6,16H,1H3,(H3,12,14,15)/b13-6+. The van der Waals surface area contributed by atoms with Crippen LogP contribution in [0.15, 0.2) is 34.5 Å². The van der Waals surface area contributed by atoms with Gasteiger partial charge in [-0.05, 0) is 23.9 Å². The van der Waals surface area contributed by atoms with E-state index in [2.05, 4.69) is 22.3 Å². The molecule has 0 radical (unpaired) electrons. The molecule has 5 nitrogen and oxygen atoms in total. The highest BCUT2D eigenvalue weighted by Crippen LogP contribution is 2.29. The average molecular weight is 248 g/mol. The van der Waals surface area contributed by atoms with Gasteiger partial charge in [-0.25, -0.2) is 5.48 Å². The number of hydroxylamine groups is 1. The van der Waals surface area contributed by atoms with Crippen molar-refractivity contribution in [3.05, 3.63) is 34.7 Å². The summed E-state index contributed by atoms with van der Waals surface area (Å²) in [6.07, 6.45) is 1.63. The van der Waals surface area contributed by atoms with Crippen LogP contribution < -0.4 is 11.2 Å². The molecule has 2 aromatic rings. The first-order chi connectivity index (χ1) is 8.22. The van der Waals surface area contributed by atoms with Gasteiger partial charge in [-0.1, -0.05) is 18.2 Å². The normalized spacial score (nSPS) is 12.5. The molecule has 0 aliphatic carbocycles. The smallest absolute Gasteiger partial charge is 0.237 e. The Morgan fingerprint density at radius 3 is 2.94 bits per heavy atom. The molecule has 0 atom stereocenters. The molecule has 0 saturated carbocycles. The van der Waals surface area contributed by atoms with E-state index in [-0.39, 0.29) is 5.96 Å². The van der Waals surface area contributed by atoms with Gasteiger partial charge < -0.3 is 5.73 Å². The van der Waals surface area contributed by atoms with Crippen molar-refractivity contribution in [1.29, 1.82) is 0 Å². The first-order valence-electron chi connectivity index (χ1n) is 4.97. The Bertz CT molecular complexity index is 588. The highest BCUT2D eigenvalue weighted by Gasteiger charge is 2.05. The minimum absolute atomic E-state index is 0.139. The van der Waals surface area contributed by atoms with Crippen LogP contribution in [0.5, 0.6) is 0 Å². The van der Waals surface area contributed by atoms with Gasteiger partial charge in [0, 0.05) is 4.70 Å². The van der Waals surface area contributed by atoms with E-state index in [9.17, 15) is 0 Å². The maximum atomic E-state index is 8.42. The summed E-state index contributed by atoms with van der Waals surface area (Å²) >= 11 is 1.64. The topological polar surface area (TPSA) is 83.0 Å². The molecular formula is C11H12N4OS. The number of guanidine groups is 1. The number of benzene rings is 1. The fourth-order valence-corrected chi connectivity index (χ4v) is 2.56. The fourth-order valence-electron chi connectivity index (χ4n) is 1.48. The van der Waals surface area contributed by atoms with Crippen molar-refractivity contribution in [3.63, 3.8) is 0 Å². The summed E-state index contributed by atoms with van der Waals surface area (Å²) in [5.74, 6) is -0.139. The third kappa shape index (κ3) is 2.43. The van der Waals surface area contributed by atoms with Crippen molar-refractivity contribution in [1.82, 2.24) is 5.48 Å². The maximum absolute atomic E-state index is 8.42. The van der Waals surface area contributed by atoms with E-state index in [1.807, 2.05) is 19.1 Å². The molecule has 2 rings (SSSR count). The molecule has 0 aliphatic rings. The zero-order valence-corrected chi connectivity index (χ0v) is 10.0. The Hall–Kier alpha value is -1.92. The van der Waals surface area contributed by atoms with Crippen molar-refractivity contribution in [2.45, 2.75) is 6.92 Å². The van der Waals surface area contributed by atoms with E-state index >= 15 is 0 Å². The second-order valence-corrected chi connectivity index (χ2v) is 4.51. The van der Waals surface area contributed by atoms with Crippen LogP contribution in [-0.4, -0.2) is 17.4 Å². The molecule has 0 saturated heterocycles. The number of hydrogen-bond donors (Lipinski definition) is 3. The van der Waals surface area contributed by atoms with Crippen LogP contribution >= 0.6 is 11.3 Å². The van der Waals surface area contributed by atoms with E-state index in [4.69, 9.17) is 10.9 Å². The molecule has 0 amide bonds. The van der Waals surface area contributed by atoms with E-state index in [1.54, 1.807) is 23.0 Å². The summed E-state index contributed by atoms with van der Waals surface area (Å²) in [6.45, 7) is 2.04. The molecule has 0 fully saturated rings. The Kier molecular flexibility index (Phi) is 3.36. The van der Waals surface area contributed by atoms with Gasteiger partial charge in [-0.15, -0.1) is 16.4 Å². The van der Waals surface area contributed by atoms with Crippen LogP contribution in [0.1, 0.15) is 10.4 Å². The zero-order valence-electron chi connectivity index (χ0n) is 9.21. The van der Waals surface area contributed by atoms with Crippen LogP contribution in [0.2, 0.25) is 0 Å². The Labute approximate surface area is 102 Å². The summed E-state index contributed by atoms with van der Waals surface area (Å²) < 4.78 is 1.21. The summed E-state index contributed by atoms with van der Waals surface area (Å²) in [4.78, 5) is 1.03. The van der Waals surface area contributed by atoms with Gasteiger partial charge in [0.05, 0.1) is 11.1 Å². The monoisotopic (exact) mass is 248 g/mol. The number of fused-ring (bicyclic) bond motifs is 1. The Balaban J connectivity index is 2.34. The minimum Gasteiger partial charge on any atom is -0.367 e. The van der Waals surface area contributed by atoms with Crippen molar-refractivity contribution in [3.8, 4) is 0 Å². The largest absolute Gasteiger partial charge is 0.367 e. The number of aryl methyl sites for hydroxylation is 1. The lowest BCUT2D eigenvalue weighted by Crippen LogP contribution is -2.27. The predicted molar refractivity (Wildman–Crippen MR) is 70.7 cm³/mol. The van der Waals surface area contributed by atoms with Gasteiger partial charge in [-0.2, -0.15) is 5.10 Å². The van der Waals surface area contributed by atoms with Gasteiger partial charge >= 0.3 is 0 Å². The van der Waals surface area contributed by atoms with Gasteiger partial charge in [0.1, 0.15) is 0 Å². The Morgan fingerprint density at radius 1 is 1.47 bits per heavy atom. The summed E-state index contributed by atoms with van der Waals surface area (Å²) in [7, 11) is 0. The average Bonchev–Trinajstić information content (AvgIpc) is 2.67. The lowest BCUT2D eigenvalue weighted by Gasteiger charge is -1.91. The fraction of sp³-hybridized carbons (Fsp3) is 0.0909. The van der Waals surface area contributed by atoms with Crippen LogP contribution in [0.25, 0.3) is 10.1 Å². The molecule has 4 N–H and O–H groups in total. The van der Waals surface area contributed by atoms with Crippen LogP contribution in [0.3, 0.4) is 0 Å². The molecule has 0 bridgehead atoms. The highest BCUT2D eigenvalue weighted by molar-refractivity contribution is 7.20. The zero-order chi connectivity index (χ0) is 12.3. The molecular weight excluding hydrogens is 236 g/mol. The van der Waals surface area contributed by atoms with Gasteiger partial charge in [0.15, 0.2) is 0 Å². The number of hydrogen-bond acceptors (Lipinski definition) is 4. The minimum atomic E-state index is -0.139. The number of nitrogens with zero attached hydrogens (tertiary/aromatic N) is 2. The van der Waals surface area contributed by atoms with Crippen molar-refractivity contribution in [2.75, 3.05) is 0 Å². The van der Waals surface area contributed by atoms with Crippen LogP contribution in [0, 0.1) is 6.92 Å². The van der Waals surface area contributed by atoms with Crippen LogP contribution in [-0.2, 0) is 0 Å². The number of nitrogens with one attached hydrogen (secondary N) is 1. The summed E-state index contributed by atoms with van der Waals surface area (Å²) in [5, 5.41) is 17.0. The summed E-state index contributed by atoms with van der Waals surface area (Å²) in [6, 6.07) is 8.16. The molecule has 17 heavy (non-hydrogen) atoms. The van der Waals surface area contributed by atoms with Crippen molar-refractivity contribution < 1.29 is 5.21 Å². The molecule has 0 aliphatic heterocycles. The third-order valence-electron chi connectivity index (χ3n) is 2.34. The lowest BCUT2D eigenvalue weighted by molar-refractivity contribution is 0.232. The number of thiophene rings is 1. The van der Waals surface area contributed by atoms with Crippen LogP contribution in [0.4, 0.5) is 0 Å². The first-order valence-corrected chi connectivity index (χ1v) is 5.78. The van der Waals surface area contributed by atoms with Crippen molar-refractivity contribution >= 4 is 33.6 Å². The molecule has 6 heteroatoms. The van der Waals surface area contributed by atoms with E-state index < -0.39 is 0 Å². The quantitative estimate of drug-likeness (QED) is 0.431. The number of nitrogens with two attached hydrogens (primary N) is 1. The van der Waals surface area contributed by atoms with Gasteiger partial charge in [-0.3, -0.25) is 5.21 Å². The third-order valence-corrected chi connectivity index (χ3v) is 3.54. The number of rotatable bonds is 2. The molecule has 88 valence electrons.